The average molecular weight is 405 g/mol. The van der Waals surface area contributed by atoms with Gasteiger partial charge in [-0.2, -0.15) is 0 Å². The number of hydrogen-bond acceptors (Lipinski definition) is 3. The third-order valence-electron chi connectivity index (χ3n) is 6.51. The van der Waals surface area contributed by atoms with Gasteiger partial charge in [-0.05, 0) is 24.1 Å². The van der Waals surface area contributed by atoms with E-state index in [1.807, 2.05) is 11.0 Å². The number of likely N-dealkylation sites (tertiary alicyclic amines) is 1. The summed E-state index contributed by atoms with van der Waals surface area (Å²) in [5.74, 6) is -0.244. The number of fused-ring (bicyclic) bond motifs is 1. The van der Waals surface area contributed by atoms with Gasteiger partial charge in [0.25, 0.3) is 0 Å². The van der Waals surface area contributed by atoms with Gasteiger partial charge in [-0.1, -0.05) is 48.0 Å². The quantitative estimate of drug-likeness (QED) is 0.703. The minimum absolute atomic E-state index is 0.0171. The Hall–Kier alpha value is -2.63. The molecule has 5 nitrogen and oxygen atoms in total. The highest BCUT2D eigenvalue weighted by Gasteiger charge is 2.41. The van der Waals surface area contributed by atoms with Crippen molar-refractivity contribution in [1.29, 1.82) is 0 Å². The first-order chi connectivity index (χ1) is 14.6. The zero-order valence-corrected chi connectivity index (χ0v) is 17.4. The standard InChI is InChI=1S/C25H28N2O3/c1-18-5-4-6-19(15-18)21(22-17-26-23-8-3-2-7-20(22)23)16-24(28)27-11-9-25(10-12-27)29-13-14-30-25/h2-8,15,17,21,26H,9-14,16H2,1H3. The lowest BCUT2D eigenvalue weighted by Crippen LogP contribution is -2.47. The van der Waals surface area contributed by atoms with E-state index in [9.17, 15) is 4.79 Å². The maximum absolute atomic E-state index is 13.3. The fourth-order valence-corrected chi connectivity index (χ4v) is 4.86. The number of carbonyl (C=O) groups is 1. The van der Waals surface area contributed by atoms with Gasteiger partial charge in [-0.3, -0.25) is 4.79 Å². The van der Waals surface area contributed by atoms with Gasteiger partial charge in [-0.15, -0.1) is 0 Å². The number of aryl methyl sites for hydroxylation is 1. The topological polar surface area (TPSA) is 54.6 Å². The van der Waals surface area contributed by atoms with E-state index in [0.717, 1.165) is 18.4 Å². The van der Waals surface area contributed by atoms with Crippen LogP contribution in [0.15, 0.2) is 54.7 Å². The number of amides is 1. The lowest BCUT2D eigenvalue weighted by Gasteiger charge is -2.38. The van der Waals surface area contributed by atoms with Crippen LogP contribution in [0.5, 0.6) is 0 Å². The summed E-state index contributed by atoms with van der Waals surface area (Å²) in [7, 11) is 0. The molecular weight excluding hydrogens is 376 g/mol. The second-order valence-electron chi connectivity index (χ2n) is 8.45. The maximum atomic E-state index is 13.3. The number of nitrogens with one attached hydrogen (secondary N) is 1. The molecule has 30 heavy (non-hydrogen) atoms. The summed E-state index contributed by atoms with van der Waals surface area (Å²) in [5, 5.41) is 1.18. The molecule has 5 rings (SSSR count). The number of aromatic nitrogens is 1. The van der Waals surface area contributed by atoms with Gasteiger partial charge in [-0.25, -0.2) is 0 Å². The number of rotatable bonds is 4. The van der Waals surface area contributed by atoms with Crippen molar-refractivity contribution in [2.45, 2.75) is 37.9 Å². The molecule has 0 aliphatic carbocycles. The number of H-pyrrole nitrogens is 1. The van der Waals surface area contributed by atoms with Crippen molar-refractivity contribution in [3.05, 3.63) is 71.4 Å². The molecule has 2 fully saturated rings. The van der Waals surface area contributed by atoms with Crippen LogP contribution in [-0.2, 0) is 14.3 Å². The maximum Gasteiger partial charge on any atom is 0.223 e. The minimum Gasteiger partial charge on any atom is -0.361 e. The van der Waals surface area contributed by atoms with E-state index in [2.05, 4.69) is 60.6 Å². The molecule has 1 amide bonds. The SMILES string of the molecule is Cc1cccc(C(CC(=O)N2CCC3(CC2)OCCO3)c2c[nH]c3ccccc23)c1. The molecule has 3 heterocycles. The van der Waals surface area contributed by atoms with Gasteiger partial charge in [0.05, 0.1) is 13.2 Å². The number of benzene rings is 2. The molecule has 3 aromatic rings. The van der Waals surface area contributed by atoms with Crippen LogP contribution in [0.1, 0.15) is 41.9 Å². The van der Waals surface area contributed by atoms with Crippen LogP contribution in [0.3, 0.4) is 0 Å². The molecule has 156 valence electrons. The molecule has 1 aromatic heterocycles. The van der Waals surface area contributed by atoms with E-state index >= 15 is 0 Å². The first-order valence-electron chi connectivity index (χ1n) is 10.8. The highest BCUT2D eigenvalue weighted by molar-refractivity contribution is 5.86. The summed E-state index contributed by atoms with van der Waals surface area (Å²) >= 11 is 0. The van der Waals surface area contributed by atoms with Gasteiger partial charge in [0.2, 0.25) is 5.91 Å². The number of aromatic amines is 1. The highest BCUT2D eigenvalue weighted by Crippen LogP contribution is 2.36. The van der Waals surface area contributed by atoms with Crippen molar-refractivity contribution in [1.82, 2.24) is 9.88 Å². The van der Waals surface area contributed by atoms with Gasteiger partial charge in [0.1, 0.15) is 0 Å². The monoisotopic (exact) mass is 404 g/mol. The molecule has 1 atom stereocenters. The molecule has 5 heteroatoms. The van der Waals surface area contributed by atoms with Crippen molar-refractivity contribution < 1.29 is 14.3 Å². The summed E-state index contributed by atoms with van der Waals surface area (Å²) < 4.78 is 11.6. The lowest BCUT2D eigenvalue weighted by atomic mass is 9.87. The second-order valence-corrected chi connectivity index (χ2v) is 8.45. The normalized spacial score (nSPS) is 19.4. The van der Waals surface area contributed by atoms with E-state index in [1.165, 1.54) is 22.1 Å². The molecule has 2 aliphatic heterocycles. The number of hydrogen-bond donors (Lipinski definition) is 1. The Morgan fingerprint density at radius 2 is 1.87 bits per heavy atom. The van der Waals surface area contributed by atoms with Crippen LogP contribution < -0.4 is 0 Å². The summed E-state index contributed by atoms with van der Waals surface area (Å²) in [6, 6.07) is 16.8. The number of piperidine rings is 1. The molecule has 0 bridgehead atoms. The lowest BCUT2D eigenvalue weighted by molar-refractivity contribution is -0.187. The third-order valence-corrected chi connectivity index (χ3v) is 6.51. The number of carbonyl (C=O) groups excluding carboxylic acids is 1. The Morgan fingerprint density at radius 3 is 2.63 bits per heavy atom. The van der Waals surface area contributed by atoms with E-state index in [0.29, 0.717) is 32.7 Å². The van der Waals surface area contributed by atoms with Crippen molar-refractivity contribution in [2.75, 3.05) is 26.3 Å². The summed E-state index contributed by atoms with van der Waals surface area (Å²) in [4.78, 5) is 18.7. The third kappa shape index (κ3) is 3.64. The van der Waals surface area contributed by atoms with Gasteiger partial charge >= 0.3 is 0 Å². The Bertz CT molecular complexity index is 1040. The Morgan fingerprint density at radius 1 is 1.10 bits per heavy atom. The van der Waals surface area contributed by atoms with Crippen LogP contribution in [0.2, 0.25) is 0 Å². The van der Waals surface area contributed by atoms with Crippen LogP contribution in [-0.4, -0.2) is 47.9 Å². The van der Waals surface area contributed by atoms with E-state index in [4.69, 9.17) is 9.47 Å². The zero-order valence-electron chi connectivity index (χ0n) is 17.4. The number of nitrogens with zero attached hydrogens (tertiary/aromatic N) is 1. The summed E-state index contributed by atoms with van der Waals surface area (Å²) in [5.41, 5.74) is 4.68. The number of para-hydroxylation sites is 1. The fraction of sp³-hybridized carbons (Fsp3) is 0.400. The summed E-state index contributed by atoms with van der Waals surface area (Å²) in [6.45, 7) is 4.79. The first kappa shape index (κ1) is 19.3. The van der Waals surface area contributed by atoms with Crippen LogP contribution in [0.25, 0.3) is 10.9 Å². The molecule has 0 saturated carbocycles. The smallest absolute Gasteiger partial charge is 0.223 e. The molecule has 2 saturated heterocycles. The Balaban J connectivity index is 1.40. The van der Waals surface area contributed by atoms with Gasteiger partial charge < -0.3 is 19.4 Å². The zero-order chi connectivity index (χ0) is 20.6. The molecule has 0 radical (unpaired) electrons. The molecule has 2 aromatic carbocycles. The van der Waals surface area contributed by atoms with Crippen LogP contribution >= 0.6 is 0 Å². The predicted octanol–water partition coefficient (Wildman–Crippen LogP) is 4.36. The van der Waals surface area contributed by atoms with E-state index < -0.39 is 5.79 Å². The van der Waals surface area contributed by atoms with E-state index in [1.54, 1.807) is 0 Å². The molecular formula is C25H28N2O3. The van der Waals surface area contributed by atoms with Crippen molar-refractivity contribution in [3.8, 4) is 0 Å². The van der Waals surface area contributed by atoms with Gasteiger partial charge in [0, 0.05) is 55.4 Å². The van der Waals surface area contributed by atoms with Crippen molar-refractivity contribution >= 4 is 16.8 Å². The van der Waals surface area contributed by atoms with E-state index in [-0.39, 0.29) is 11.8 Å². The van der Waals surface area contributed by atoms with Crippen LogP contribution in [0, 0.1) is 6.92 Å². The minimum atomic E-state index is -0.455. The van der Waals surface area contributed by atoms with Gasteiger partial charge in [0.15, 0.2) is 5.79 Å². The average Bonchev–Trinajstić information content (AvgIpc) is 3.40. The molecule has 1 unspecified atom stereocenters. The Labute approximate surface area is 177 Å². The molecule has 1 N–H and O–H groups in total. The second kappa shape index (κ2) is 7.89. The highest BCUT2D eigenvalue weighted by atomic mass is 16.7. The predicted molar refractivity (Wildman–Crippen MR) is 116 cm³/mol. The largest absolute Gasteiger partial charge is 0.361 e. The fourth-order valence-electron chi connectivity index (χ4n) is 4.86. The molecule has 1 spiro atoms. The van der Waals surface area contributed by atoms with Crippen LogP contribution in [0.4, 0.5) is 0 Å². The Kier molecular flexibility index (Phi) is 5.09. The number of ether oxygens (including phenoxy) is 2. The van der Waals surface area contributed by atoms with Crippen molar-refractivity contribution in [3.63, 3.8) is 0 Å². The van der Waals surface area contributed by atoms with Crippen molar-refractivity contribution in [2.24, 2.45) is 0 Å². The first-order valence-corrected chi connectivity index (χ1v) is 10.8. The molecule has 2 aliphatic rings. The summed E-state index contributed by atoms with van der Waals surface area (Å²) in [6.07, 6.45) is 4.03.